The molecule has 6 nitrogen and oxygen atoms in total. The highest BCUT2D eigenvalue weighted by molar-refractivity contribution is 6.30. The predicted molar refractivity (Wildman–Crippen MR) is 103 cm³/mol. The summed E-state index contributed by atoms with van der Waals surface area (Å²) in [6.07, 6.45) is -2.80. The number of hydrogen-bond acceptors (Lipinski definition) is 3. The Bertz CT molecular complexity index is 1010. The van der Waals surface area contributed by atoms with Crippen LogP contribution in [0.25, 0.3) is 0 Å². The van der Waals surface area contributed by atoms with Gasteiger partial charge in [-0.3, -0.25) is 14.2 Å². The molecule has 0 spiro atoms. The summed E-state index contributed by atoms with van der Waals surface area (Å²) in [6, 6.07) is 9.96. The van der Waals surface area contributed by atoms with Gasteiger partial charge in [0.05, 0.1) is 19.0 Å². The zero-order chi connectivity index (χ0) is 21.2. The monoisotopic (exact) mass is 425 g/mol. The molecular formula is C19H19ClF3N5O. The van der Waals surface area contributed by atoms with Gasteiger partial charge in [0.25, 0.3) is 0 Å². The number of benzene rings is 1. The summed E-state index contributed by atoms with van der Waals surface area (Å²) in [7, 11) is 0. The third kappa shape index (κ3) is 5.38. The van der Waals surface area contributed by atoms with Crippen molar-refractivity contribution in [2.45, 2.75) is 33.1 Å². The molecule has 154 valence electrons. The summed E-state index contributed by atoms with van der Waals surface area (Å²) in [4.78, 5) is 12.4. The van der Waals surface area contributed by atoms with Crippen LogP contribution in [0.2, 0.25) is 5.02 Å². The zero-order valence-corrected chi connectivity index (χ0v) is 16.5. The molecule has 1 unspecified atom stereocenters. The van der Waals surface area contributed by atoms with E-state index in [9.17, 15) is 18.0 Å². The van der Waals surface area contributed by atoms with Crippen LogP contribution in [-0.4, -0.2) is 25.5 Å². The van der Waals surface area contributed by atoms with E-state index in [0.29, 0.717) is 23.1 Å². The molecule has 0 fully saturated rings. The first-order valence-electron chi connectivity index (χ1n) is 8.82. The second-order valence-corrected chi connectivity index (χ2v) is 7.21. The number of amides is 1. The maximum atomic E-state index is 12.8. The van der Waals surface area contributed by atoms with Crippen molar-refractivity contribution in [3.63, 3.8) is 0 Å². The normalized spacial score (nSPS) is 12.8. The van der Waals surface area contributed by atoms with Gasteiger partial charge in [-0.25, -0.2) is 0 Å². The summed E-state index contributed by atoms with van der Waals surface area (Å²) in [5.74, 6) is -0.605. The van der Waals surface area contributed by atoms with Crippen molar-refractivity contribution in [3.8, 4) is 0 Å². The number of carbonyl (C=O) groups excluding carboxylic acids is 1. The molecule has 10 heteroatoms. The highest BCUT2D eigenvalue weighted by atomic mass is 35.5. The Hall–Kier alpha value is -2.81. The minimum absolute atomic E-state index is 0.0248. The van der Waals surface area contributed by atoms with Gasteiger partial charge in [0.15, 0.2) is 11.5 Å². The van der Waals surface area contributed by atoms with Gasteiger partial charge >= 0.3 is 6.18 Å². The second-order valence-electron chi connectivity index (χ2n) is 6.77. The van der Waals surface area contributed by atoms with E-state index >= 15 is 0 Å². The smallest absolute Gasteiger partial charge is 0.309 e. The molecule has 0 aliphatic rings. The summed E-state index contributed by atoms with van der Waals surface area (Å²) >= 11 is 5.97. The Morgan fingerprint density at radius 2 is 2.00 bits per heavy atom. The number of anilines is 1. The van der Waals surface area contributed by atoms with Crippen LogP contribution < -0.4 is 5.32 Å². The quantitative estimate of drug-likeness (QED) is 0.637. The van der Waals surface area contributed by atoms with Crippen LogP contribution in [0.5, 0.6) is 0 Å². The van der Waals surface area contributed by atoms with Crippen LogP contribution in [0.4, 0.5) is 19.0 Å². The van der Waals surface area contributed by atoms with Crippen molar-refractivity contribution < 1.29 is 18.0 Å². The molecule has 1 amide bonds. The van der Waals surface area contributed by atoms with Gasteiger partial charge in [0, 0.05) is 23.0 Å². The Balaban J connectivity index is 1.60. The summed E-state index contributed by atoms with van der Waals surface area (Å²) in [5.41, 5.74) is 0.326. The van der Waals surface area contributed by atoms with Crippen LogP contribution in [0.15, 0.2) is 42.6 Å². The standard InChI is InChI=1S/C19H19ClF3N5O/c1-12(10-28-13(2)8-16(25-28)19(21,22)23)18(29)24-17-6-7-27(26-17)11-14-4-3-5-15(20)9-14/h3-9,12H,10-11H2,1-2H3,(H,24,26,29). The lowest BCUT2D eigenvalue weighted by Gasteiger charge is -2.12. The lowest BCUT2D eigenvalue weighted by Crippen LogP contribution is -2.25. The SMILES string of the molecule is Cc1cc(C(F)(F)F)nn1CC(C)C(=O)Nc1ccn(Cc2cccc(Cl)c2)n1. The molecule has 2 aromatic heterocycles. The molecule has 0 bridgehead atoms. The van der Waals surface area contributed by atoms with Crippen LogP contribution in [-0.2, 0) is 24.1 Å². The number of nitrogens with zero attached hydrogens (tertiary/aromatic N) is 4. The first-order chi connectivity index (χ1) is 13.6. The summed E-state index contributed by atoms with van der Waals surface area (Å²) < 4.78 is 41.2. The highest BCUT2D eigenvalue weighted by Crippen LogP contribution is 2.28. The van der Waals surface area contributed by atoms with Crippen LogP contribution in [0.3, 0.4) is 0 Å². The van der Waals surface area contributed by atoms with Gasteiger partial charge in [-0.2, -0.15) is 23.4 Å². The minimum atomic E-state index is -4.52. The third-order valence-corrected chi connectivity index (χ3v) is 4.53. The van der Waals surface area contributed by atoms with Crippen LogP contribution in [0.1, 0.15) is 23.9 Å². The van der Waals surface area contributed by atoms with Crippen LogP contribution in [0, 0.1) is 12.8 Å². The zero-order valence-electron chi connectivity index (χ0n) is 15.7. The number of alkyl halides is 3. The van der Waals surface area contributed by atoms with E-state index in [1.54, 1.807) is 29.9 Å². The van der Waals surface area contributed by atoms with Gasteiger partial charge in [0.2, 0.25) is 5.91 Å². The molecule has 2 heterocycles. The first-order valence-corrected chi connectivity index (χ1v) is 9.20. The van der Waals surface area contributed by atoms with E-state index in [1.807, 2.05) is 18.2 Å². The fourth-order valence-corrected chi connectivity index (χ4v) is 2.98. The van der Waals surface area contributed by atoms with Crippen molar-refractivity contribution in [1.82, 2.24) is 19.6 Å². The molecule has 0 saturated heterocycles. The summed E-state index contributed by atoms with van der Waals surface area (Å²) in [6.45, 7) is 3.65. The Morgan fingerprint density at radius 3 is 2.66 bits per heavy atom. The molecule has 0 aliphatic heterocycles. The molecule has 29 heavy (non-hydrogen) atoms. The molecule has 1 aromatic carbocycles. The Morgan fingerprint density at radius 1 is 1.24 bits per heavy atom. The fourth-order valence-electron chi connectivity index (χ4n) is 2.76. The van der Waals surface area contributed by atoms with Crippen molar-refractivity contribution >= 4 is 23.3 Å². The average Bonchev–Trinajstić information content (AvgIpc) is 3.21. The molecular weight excluding hydrogens is 407 g/mol. The lowest BCUT2D eigenvalue weighted by molar-refractivity contribution is -0.141. The third-order valence-electron chi connectivity index (χ3n) is 4.29. The highest BCUT2D eigenvalue weighted by Gasteiger charge is 2.34. The second kappa shape index (κ2) is 8.28. The molecule has 1 N–H and O–H groups in total. The molecule has 1 atom stereocenters. The number of aromatic nitrogens is 4. The molecule has 3 aromatic rings. The lowest BCUT2D eigenvalue weighted by atomic mass is 10.1. The van der Waals surface area contributed by atoms with Gasteiger partial charge < -0.3 is 5.32 Å². The number of aryl methyl sites for hydroxylation is 1. The van der Waals surface area contributed by atoms with Gasteiger partial charge in [0.1, 0.15) is 0 Å². The van der Waals surface area contributed by atoms with Crippen molar-refractivity contribution in [1.29, 1.82) is 0 Å². The predicted octanol–water partition coefficient (Wildman–Crippen LogP) is 4.38. The average molecular weight is 426 g/mol. The molecule has 0 radical (unpaired) electrons. The maximum Gasteiger partial charge on any atom is 0.435 e. The van der Waals surface area contributed by atoms with E-state index < -0.39 is 17.8 Å². The van der Waals surface area contributed by atoms with Crippen molar-refractivity contribution in [2.75, 3.05) is 5.32 Å². The topological polar surface area (TPSA) is 64.7 Å². The van der Waals surface area contributed by atoms with Gasteiger partial charge in [-0.1, -0.05) is 30.7 Å². The Kier molecular flexibility index (Phi) is 5.97. The number of nitrogens with one attached hydrogen (secondary N) is 1. The summed E-state index contributed by atoms with van der Waals surface area (Å²) in [5, 5.41) is 11.1. The maximum absolute atomic E-state index is 12.8. The fraction of sp³-hybridized carbons (Fsp3) is 0.316. The number of hydrogen-bond donors (Lipinski definition) is 1. The molecule has 0 saturated carbocycles. The molecule has 0 aliphatic carbocycles. The van der Waals surface area contributed by atoms with E-state index in [0.717, 1.165) is 11.6 Å². The minimum Gasteiger partial charge on any atom is -0.309 e. The largest absolute Gasteiger partial charge is 0.435 e. The van der Waals surface area contributed by atoms with Gasteiger partial charge in [-0.15, -0.1) is 0 Å². The van der Waals surface area contributed by atoms with Crippen molar-refractivity contribution in [3.05, 3.63) is 64.6 Å². The van der Waals surface area contributed by atoms with Gasteiger partial charge in [-0.05, 0) is 30.7 Å². The number of halogens is 4. The van der Waals surface area contributed by atoms with E-state index in [2.05, 4.69) is 15.5 Å². The number of rotatable bonds is 6. The van der Waals surface area contributed by atoms with Crippen LogP contribution >= 0.6 is 11.6 Å². The van der Waals surface area contributed by atoms with Crippen molar-refractivity contribution in [2.24, 2.45) is 5.92 Å². The number of carbonyl (C=O) groups is 1. The van der Waals surface area contributed by atoms with E-state index in [-0.39, 0.29) is 12.5 Å². The molecule has 3 rings (SSSR count). The Labute approximate surface area is 170 Å². The van der Waals surface area contributed by atoms with E-state index in [1.165, 1.54) is 11.6 Å². The van der Waals surface area contributed by atoms with E-state index in [4.69, 9.17) is 11.6 Å². The first kappa shape index (κ1) is 20.9.